The lowest BCUT2D eigenvalue weighted by Crippen LogP contribution is -2.36. The second-order valence-corrected chi connectivity index (χ2v) is 5.87. The fourth-order valence-corrected chi connectivity index (χ4v) is 2.27. The normalized spacial score (nSPS) is 11.0. The van der Waals surface area contributed by atoms with Crippen LogP contribution in [0.15, 0.2) is 42.7 Å². The highest BCUT2D eigenvalue weighted by Gasteiger charge is 2.23. The Morgan fingerprint density at radius 2 is 1.74 bits per heavy atom. The molecule has 1 aromatic carbocycles. The Labute approximate surface area is 136 Å². The standard InChI is InChI=1S/C18H22N2O3/c1-18(2,12-20-17(21)13-7-9-19-10-8-13)14-5-6-15(22-3)16(11-14)23-4/h5-11H,12H2,1-4H3,(H,20,21). The molecule has 0 aliphatic rings. The van der Waals surface area contributed by atoms with E-state index in [0.717, 1.165) is 5.56 Å². The molecular formula is C18H22N2O3. The maximum absolute atomic E-state index is 12.2. The molecule has 2 rings (SSSR count). The number of carbonyl (C=O) groups is 1. The Hall–Kier alpha value is -2.56. The number of methoxy groups -OCH3 is 2. The summed E-state index contributed by atoms with van der Waals surface area (Å²) in [6.45, 7) is 4.64. The summed E-state index contributed by atoms with van der Waals surface area (Å²) < 4.78 is 10.6. The number of amides is 1. The van der Waals surface area contributed by atoms with Gasteiger partial charge in [-0.3, -0.25) is 9.78 Å². The molecule has 0 spiro atoms. The lowest BCUT2D eigenvalue weighted by atomic mass is 9.84. The second kappa shape index (κ2) is 7.13. The van der Waals surface area contributed by atoms with Crippen molar-refractivity contribution in [3.05, 3.63) is 53.9 Å². The Morgan fingerprint density at radius 1 is 1.09 bits per heavy atom. The van der Waals surface area contributed by atoms with Crippen molar-refractivity contribution < 1.29 is 14.3 Å². The van der Waals surface area contributed by atoms with Crippen molar-refractivity contribution in [3.63, 3.8) is 0 Å². The molecule has 1 amide bonds. The third kappa shape index (κ3) is 4.00. The first kappa shape index (κ1) is 16.8. The van der Waals surface area contributed by atoms with Crippen LogP contribution in [0.25, 0.3) is 0 Å². The van der Waals surface area contributed by atoms with Crippen molar-refractivity contribution in [1.82, 2.24) is 10.3 Å². The van der Waals surface area contributed by atoms with Gasteiger partial charge >= 0.3 is 0 Å². The van der Waals surface area contributed by atoms with Gasteiger partial charge in [0.25, 0.3) is 5.91 Å². The van der Waals surface area contributed by atoms with Gasteiger partial charge in [0, 0.05) is 29.9 Å². The SMILES string of the molecule is COc1ccc(C(C)(C)CNC(=O)c2ccncc2)cc1OC. The predicted molar refractivity (Wildman–Crippen MR) is 89.1 cm³/mol. The van der Waals surface area contributed by atoms with E-state index >= 15 is 0 Å². The fraction of sp³-hybridized carbons (Fsp3) is 0.333. The Balaban J connectivity index is 2.11. The lowest BCUT2D eigenvalue weighted by molar-refractivity contribution is 0.0945. The average molecular weight is 314 g/mol. The van der Waals surface area contributed by atoms with Gasteiger partial charge in [-0.25, -0.2) is 0 Å². The highest BCUT2D eigenvalue weighted by molar-refractivity contribution is 5.94. The van der Waals surface area contributed by atoms with E-state index in [1.807, 2.05) is 18.2 Å². The molecule has 2 aromatic rings. The number of pyridine rings is 1. The van der Waals surface area contributed by atoms with E-state index in [1.54, 1.807) is 38.7 Å². The largest absolute Gasteiger partial charge is 0.493 e. The minimum atomic E-state index is -0.248. The monoisotopic (exact) mass is 314 g/mol. The van der Waals surface area contributed by atoms with Gasteiger partial charge in [-0.1, -0.05) is 19.9 Å². The van der Waals surface area contributed by atoms with E-state index in [9.17, 15) is 4.79 Å². The molecule has 0 saturated carbocycles. The van der Waals surface area contributed by atoms with Gasteiger partial charge in [0.05, 0.1) is 14.2 Å². The first-order valence-corrected chi connectivity index (χ1v) is 7.38. The van der Waals surface area contributed by atoms with Crippen LogP contribution in [-0.2, 0) is 5.41 Å². The molecule has 0 atom stereocenters. The molecule has 0 radical (unpaired) electrons. The molecule has 0 aliphatic heterocycles. The zero-order chi connectivity index (χ0) is 16.9. The summed E-state index contributed by atoms with van der Waals surface area (Å²) in [7, 11) is 3.22. The van der Waals surface area contributed by atoms with Crippen LogP contribution in [0.1, 0.15) is 29.8 Å². The first-order chi connectivity index (χ1) is 11.0. The van der Waals surface area contributed by atoms with Crippen LogP contribution in [0, 0.1) is 0 Å². The minimum Gasteiger partial charge on any atom is -0.493 e. The zero-order valence-electron chi connectivity index (χ0n) is 13.9. The van der Waals surface area contributed by atoms with Gasteiger partial charge in [-0.2, -0.15) is 0 Å². The quantitative estimate of drug-likeness (QED) is 0.890. The van der Waals surface area contributed by atoms with Crippen LogP contribution in [0.5, 0.6) is 11.5 Å². The number of nitrogens with one attached hydrogen (secondary N) is 1. The van der Waals surface area contributed by atoms with E-state index in [4.69, 9.17) is 9.47 Å². The summed E-state index contributed by atoms with van der Waals surface area (Å²) in [5.41, 5.74) is 1.41. The van der Waals surface area contributed by atoms with E-state index < -0.39 is 0 Å². The molecule has 23 heavy (non-hydrogen) atoms. The Bertz CT molecular complexity index is 669. The van der Waals surface area contributed by atoms with Crippen molar-refractivity contribution in [3.8, 4) is 11.5 Å². The first-order valence-electron chi connectivity index (χ1n) is 7.38. The third-order valence-corrected chi connectivity index (χ3v) is 3.80. The van der Waals surface area contributed by atoms with Gasteiger partial charge in [-0.15, -0.1) is 0 Å². The summed E-state index contributed by atoms with van der Waals surface area (Å²) in [6.07, 6.45) is 3.21. The van der Waals surface area contributed by atoms with E-state index in [2.05, 4.69) is 24.1 Å². The molecule has 122 valence electrons. The maximum atomic E-state index is 12.2. The molecule has 0 saturated heterocycles. The summed E-state index contributed by atoms with van der Waals surface area (Å²) in [5.74, 6) is 1.26. The van der Waals surface area contributed by atoms with Gasteiger partial charge in [0.2, 0.25) is 0 Å². The molecule has 1 N–H and O–H groups in total. The summed E-state index contributed by atoms with van der Waals surface area (Å²) in [6, 6.07) is 9.19. The van der Waals surface area contributed by atoms with Gasteiger partial charge in [0.1, 0.15) is 0 Å². The van der Waals surface area contributed by atoms with Crippen molar-refractivity contribution >= 4 is 5.91 Å². The second-order valence-electron chi connectivity index (χ2n) is 5.87. The number of aromatic nitrogens is 1. The molecule has 1 aromatic heterocycles. The maximum Gasteiger partial charge on any atom is 0.251 e. The van der Waals surface area contributed by atoms with Crippen LogP contribution >= 0.6 is 0 Å². The summed E-state index contributed by atoms with van der Waals surface area (Å²) in [4.78, 5) is 16.1. The number of rotatable bonds is 6. The van der Waals surface area contributed by atoms with Gasteiger partial charge < -0.3 is 14.8 Å². The van der Waals surface area contributed by atoms with Crippen LogP contribution in [0.4, 0.5) is 0 Å². The highest BCUT2D eigenvalue weighted by atomic mass is 16.5. The summed E-state index contributed by atoms with van der Waals surface area (Å²) >= 11 is 0. The number of ether oxygens (including phenoxy) is 2. The van der Waals surface area contributed by atoms with Gasteiger partial charge in [-0.05, 0) is 29.8 Å². The van der Waals surface area contributed by atoms with Crippen molar-refractivity contribution in [2.45, 2.75) is 19.3 Å². The van der Waals surface area contributed by atoms with Crippen LogP contribution in [-0.4, -0.2) is 31.7 Å². The topological polar surface area (TPSA) is 60.5 Å². The predicted octanol–water partition coefficient (Wildman–Crippen LogP) is 2.81. The molecule has 0 bridgehead atoms. The van der Waals surface area contributed by atoms with Crippen LogP contribution in [0.2, 0.25) is 0 Å². The minimum absolute atomic E-state index is 0.110. The highest BCUT2D eigenvalue weighted by Crippen LogP contribution is 2.32. The molecule has 0 unspecified atom stereocenters. The van der Waals surface area contributed by atoms with Gasteiger partial charge in [0.15, 0.2) is 11.5 Å². The lowest BCUT2D eigenvalue weighted by Gasteiger charge is -2.26. The Kier molecular flexibility index (Phi) is 5.21. The van der Waals surface area contributed by atoms with Crippen LogP contribution in [0.3, 0.4) is 0 Å². The number of hydrogen-bond acceptors (Lipinski definition) is 4. The number of hydrogen-bond donors (Lipinski definition) is 1. The van der Waals surface area contributed by atoms with Crippen LogP contribution < -0.4 is 14.8 Å². The fourth-order valence-electron chi connectivity index (χ4n) is 2.27. The van der Waals surface area contributed by atoms with E-state index in [-0.39, 0.29) is 11.3 Å². The summed E-state index contributed by atoms with van der Waals surface area (Å²) in [5, 5.41) is 2.97. The van der Waals surface area contributed by atoms with E-state index in [0.29, 0.717) is 23.6 Å². The van der Waals surface area contributed by atoms with Crippen molar-refractivity contribution in [1.29, 1.82) is 0 Å². The van der Waals surface area contributed by atoms with Crippen molar-refractivity contribution in [2.75, 3.05) is 20.8 Å². The molecule has 5 nitrogen and oxygen atoms in total. The molecule has 1 heterocycles. The molecular weight excluding hydrogens is 292 g/mol. The Morgan fingerprint density at radius 3 is 2.35 bits per heavy atom. The smallest absolute Gasteiger partial charge is 0.251 e. The van der Waals surface area contributed by atoms with E-state index in [1.165, 1.54) is 0 Å². The zero-order valence-corrected chi connectivity index (χ0v) is 13.9. The molecule has 5 heteroatoms. The molecule has 0 fully saturated rings. The number of carbonyl (C=O) groups excluding carboxylic acids is 1. The molecule has 0 aliphatic carbocycles. The third-order valence-electron chi connectivity index (χ3n) is 3.80. The average Bonchev–Trinajstić information content (AvgIpc) is 2.59. The number of benzene rings is 1. The number of nitrogens with zero attached hydrogens (tertiary/aromatic N) is 1. The van der Waals surface area contributed by atoms with Crippen molar-refractivity contribution in [2.24, 2.45) is 0 Å².